The van der Waals surface area contributed by atoms with Crippen molar-refractivity contribution in [3.05, 3.63) is 40.1 Å². The molecule has 0 aliphatic rings. The van der Waals surface area contributed by atoms with Gasteiger partial charge in [-0.2, -0.15) is 0 Å². The van der Waals surface area contributed by atoms with E-state index in [4.69, 9.17) is 28.3 Å². The Bertz CT molecular complexity index is 623. The number of hydrogen-bond donors (Lipinski definition) is 1. The molecule has 1 N–H and O–H groups in total. The number of aromatic nitrogens is 2. The van der Waals surface area contributed by atoms with Gasteiger partial charge in [0, 0.05) is 21.9 Å². The van der Waals surface area contributed by atoms with Gasteiger partial charge in [0.05, 0.1) is 11.4 Å². The fraction of sp³-hybridized carbons (Fsp3) is 0.231. The number of thioether (sulfide) groups is 1. The zero-order valence-corrected chi connectivity index (χ0v) is 13.0. The lowest BCUT2D eigenvalue weighted by molar-refractivity contribution is -0.133. The van der Waals surface area contributed by atoms with Crippen molar-refractivity contribution in [2.45, 2.75) is 18.5 Å². The van der Waals surface area contributed by atoms with E-state index in [-0.39, 0.29) is 5.75 Å². The first-order valence-electron chi connectivity index (χ1n) is 5.89. The van der Waals surface area contributed by atoms with E-state index in [0.29, 0.717) is 15.2 Å². The van der Waals surface area contributed by atoms with Gasteiger partial charge in [0.2, 0.25) is 0 Å². The number of aryl methyl sites for hydroxylation is 1. The highest BCUT2D eigenvalue weighted by atomic mass is 35.5. The van der Waals surface area contributed by atoms with Gasteiger partial charge >= 0.3 is 5.97 Å². The minimum atomic E-state index is -0.883. The third kappa shape index (κ3) is 3.48. The van der Waals surface area contributed by atoms with Crippen LogP contribution >= 0.6 is 35.0 Å². The van der Waals surface area contributed by atoms with E-state index >= 15 is 0 Å². The lowest BCUT2D eigenvalue weighted by atomic mass is 10.3. The first kappa shape index (κ1) is 15.2. The zero-order valence-electron chi connectivity index (χ0n) is 10.6. The van der Waals surface area contributed by atoms with Crippen LogP contribution in [0.2, 0.25) is 10.0 Å². The van der Waals surface area contributed by atoms with Gasteiger partial charge in [-0.3, -0.25) is 9.36 Å². The Hall–Kier alpha value is -1.17. The summed E-state index contributed by atoms with van der Waals surface area (Å²) in [6.45, 7) is 2.01. The smallest absolute Gasteiger partial charge is 0.313 e. The molecule has 1 aromatic carbocycles. The van der Waals surface area contributed by atoms with E-state index in [9.17, 15) is 4.79 Å². The van der Waals surface area contributed by atoms with Crippen LogP contribution in [0.4, 0.5) is 0 Å². The van der Waals surface area contributed by atoms with Crippen LogP contribution in [-0.4, -0.2) is 26.4 Å². The Morgan fingerprint density at radius 2 is 2.00 bits per heavy atom. The summed E-state index contributed by atoms with van der Waals surface area (Å²) in [6, 6.07) is 5.21. The largest absolute Gasteiger partial charge is 0.481 e. The minimum absolute atomic E-state index is 0.0472. The van der Waals surface area contributed by atoms with Crippen LogP contribution in [0.15, 0.2) is 29.6 Å². The van der Waals surface area contributed by atoms with Crippen molar-refractivity contribution < 1.29 is 9.90 Å². The number of benzene rings is 1. The number of rotatable bonds is 5. The van der Waals surface area contributed by atoms with Crippen molar-refractivity contribution in [2.24, 2.45) is 0 Å². The molecule has 0 spiro atoms. The summed E-state index contributed by atoms with van der Waals surface area (Å²) in [5, 5.41) is 10.5. The van der Waals surface area contributed by atoms with Crippen LogP contribution in [0.1, 0.15) is 12.6 Å². The third-order valence-electron chi connectivity index (χ3n) is 2.60. The number of carboxylic acids is 1. The van der Waals surface area contributed by atoms with Gasteiger partial charge in [0.25, 0.3) is 0 Å². The third-order valence-corrected chi connectivity index (χ3v) is 3.97. The van der Waals surface area contributed by atoms with Gasteiger partial charge in [0.1, 0.15) is 0 Å². The lowest BCUT2D eigenvalue weighted by Gasteiger charge is -2.11. The highest BCUT2D eigenvalue weighted by Gasteiger charge is 2.13. The molecule has 0 fully saturated rings. The Morgan fingerprint density at radius 1 is 1.35 bits per heavy atom. The van der Waals surface area contributed by atoms with Crippen LogP contribution in [0.3, 0.4) is 0 Å². The van der Waals surface area contributed by atoms with Crippen LogP contribution in [-0.2, 0) is 11.2 Å². The molecule has 0 radical (unpaired) electrons. The average Bonchev–Trinajstić information content (AvgIpc) is 2.77. The number of carboxylic acid groups (broad SMARTS) is 1. The van der Waals surface area contributed by atoms with Crippen molar-refractivity contribution in [3.63, 3.8) is 0 Å². The quantitative estimate of drug-likeness (QED) is 0.844. The molecule has 7 heteroatoms. The number of aliphatic carboxylic acids is 1. The maximum absolute atomic E-state index is 10.7. The summed E-state index contributed by atoms with van der Waals surface area (Å²) in [4.78, 5) is 15.0. The molecular weight excluding hydrogens is 319 g/mol. The van der Waals surface area contributed by atoms with Crippen LogP contribution in [0.25, 0.3) is 5.69 Å². The van der Waals surface area contributed by atoms with Crippen LogP contribution in [0, 0.1) is 0 Å². The predicted molar refractivity (Wildman–Crippen MR) is 81.3 cm³/mol. The van der Waals surface area contributed by atoms with Gasteiger partial charge in [-0.15, -0.1) is 0 Å². The number of nitrogens with zero attached hydrogens (tertiary/aromatic N) is 2. The van der Waals surface area contributed by atoms with E-state index in [1.807, 2.05) is 11.5 Å². The van der Waals surface area contributed by atoms with E-state index in [2.05, 4.69) is 4.98 Å². The maximum Gasteiger partial charge on any atom is 0.313 e. The second-order valence-electron chi connectivity index (χ2n) is 4.03. The summed E-state index contributed by atoms with van der Waals surface area (Å²) in [5.74, 6) is -0.930. The molecule has 0 unspecified atom stereocenters. The molecule has 1 aromatic heterocycles. The molecule has 0 aliphatic carbocycles. The second kappa shape index (κ2) is 6.52. The summed E-state index contributed by atoms with van der Waals surface area (Å²) in [7, 11) is 0. The molecule has 0 saturated heterocycles. The van der Waals surface area contributed by atoms with Crippen molar-refractivity contribution in [3.8, 4) is 5.69 Å². The van der Waals surface area contributed by atoms with Crippen LogP contribution < -0.4 is 0 Å². The first-order valence-corrected chi connectivity index (χ1v) is 7.63. The molecule has 0 bridgehead atoms. The van der Waals surface area contributed by atoms with E-state index in [1.54, 1.807) is 24.4 Å². The maximum atomic E-state index is 10.7. The molecular formula is C13H12Cl2N2O2S. The molecule has 20 heavy (non-hydrogen) atoms. The molecule has 0 atom stereocenters. The van der Waals surface area contributed by atoms with Gasteiger partial charge in [0.15, 0.2) is 5.16 Å². The molecule has 106 valence electrons. The van der Waals surface area contributed by atoms with E-state index in [1.165, 1.54) is 0 Å². The highest BCUT2D eigenvalue weighted by molar-refractivity contribution is 7.99. The van der Waals surface area contributed by atoms with Gasteiger partial charge < -0.3 is 5.11 Å². The Kier molecular flexibility index (Phi) is 4.96. The molecule has 1 heterocycles. The van der Waals surface area contributed by atoms with E-state index < -0.39 is 5.97 Å². The number of imidazole rings is 1. The van der Waals surface area contributed by atoms with Crippen molar-refractivity contribution in [1.29, 1.82) is 0 Å². The molecule has 2 aromatic rings. The minimum Gasteiger partial charge on any atom is -0.481 e. The van der Waals surface area contributed by atoms with Crippen LogP contribution in [0.5, 0.6) is 0 Å². The summed E-state index contributed by atoms with van der Waals surface area (Å²) in [6.07, 6.45) is 2.50. The standard InChI is InChI=1S/C13H12Cl2N2O2S/c1-2-10-6-16-13(20-7-12(18)19)17(10)11-4-8(14)3-9(15)5-11/h3-6H,2,7H2,1H3,(H,18,19). The van der Waals surface area contributed by atoms with Crippen molar-refractivity contribution in [2.75, 3.05) is 5.75 Å². The molecule has 2 rings (SSSR count). The normalized spacial score (nSPS) is 10.8. The lowest BCUT2D eigenvalue weighted by Crippen LogP contribution is -2.04. The Labute approximate surface area is 130 Å². The Balaban J connectivity index is 2.47. The first-order chi connectivity index (χ1) is 9.51. The fourth-order valence-electron chi connectivity index (χ4n) is 1.79. The van der Waals surface area contributed by atoms with Gasteiger partial charge in [-0.25, -0.2) is 4.98 Å². The zero-order chi connectivity index (χ0) is 14.7. The monoisotopic (exact) mass is 330 g/mol. The molecule has 4 nitrogen and oxygen atoms in total. The van der Waals surface area contributed by atoms with Crippen molar-refractivity contribution in [1.82, 2.24) is 9.55 Å². The Morgan fingerprint density at radius 3 is 2.55 bits per heavy atom. The SMILES string of the molecule is CCc1cnc(SCC(=O)O)n1-c1cc(Cl)cc(Cl)c1. The molecule has 0 aliphatic heterocycles. The molecule has 0 amide bonds. The van der Waals surface area contributed by atoms with Crippen molar-refractivity contribution >= 4 is 40.9 Å². The summed E-state index contributed by atoms with van der Waals surface area (Å²) < 4.78 is 1.88. The number of carbonyl (C=O) groups is 1. The topological polar surface area (TPSA) is 55.1 Å². The number of hydrogen-bond acceptors (Lipinski definition) is 3. The van der Waals surface area contributed by atoms with E-state index in [0.717, 1.165) is 29.6 Å². The highest BCUT2D eigenvalue weighted by Crippen LogP contribution is 2.28. The summed E-state index contributed by atoms with van der Waals surface area (Å²) in [5.41, 5.74) is 1.75. The fourth-order valence-corrected chi connectivity index (χ4v) is 3.04. The number of halogens is 2. The van der Waals surface area contributed by atoms with Gasteiger partial charge in [-0.05, 0) is 24.6 Å². The molecule has 0 saturated carbocycles. The summed E-state index contributed by atoms with van der Waals surface area (Å²) >= 11 is 13.2. The second-order valence-corrected chi connectivity index (χ2v) is 5.85. The average molecular weight is 331 g/mol. The predicted octanol–water partition coefficient (Wildman–Crippen LogP) is 3.92. The van der Waals surface area contributed by atoms with Gasteiger partial charge in [-0.1, -0.05) is 41.9 Å².